The van der Waals surface area contributed by atoms with E-state index in [1.54, 1.807) is 28.8 Å². The Morgan fingerprint density at radius 2 is 1.78 bits per heavy atom. The topological polar surface area (TPSA) is 110 Å². The van der Waals surface area contributed by atoms with E-state index in [1.165, 1.54) is 6.42 Å². The van der Waals surface area contributed by atoms with Crippen molar-refractivity contribution in [2.24, 2.45) is 5.73 Å². The molecule has 3 N–H and O–H groups in total. The van der Waals surface area contributed by atoms with Gasteiger partial charge < -0.3 is 15.2 Å². The minimum Gasteiger partial charge on any atom is -0.339 e. The standard InChI is InChI=1S/C27H33N5O3.C2H6/c1-18-7-6-8-19(15-18)25(34)30-27-29-23-16-20(26(35)31(2)21-9-4-3-5-10-21)11-12-24(23)32(27)14-13-22(33)17-28;1-2/h6-8,11-12,15-16,21H,3-5,9-10,13-14,17,28H2,1-2H3,(H,29,30,34);1-2H3. The number of anilines is 1. The second kappa shape index (κ2) is 13.1. The molecule has 0 radical (unpaired) electrons. The van der Waals surface area contributed by atoms with Gasteiger partial charge in [0.1, 0.15) is 5.78 Å². The molecule has 1 aromatic heterocycles. The Bertz CT molecular complexity index is 1240. The predicted octanol–water partition coefficient (Wildman–Crippen LogP) is 4.95. The number of carbonyl (C=O) groups excluding carboxylic acids is 3. The van der Waals surface area contributed by atoms with Crippen molar-refractivity contribution in [1.29, 1.82) is 0 Å². The Hall–Kier alpha value is -3.52. The number of imidazole rings is 1. The smallest absolute Gasteiger partial charge is 0.257 e. The molecule has 1 saturated carbocycles. The minimum absolute atomic E-state index is 0.0306. The molecule has 8 nitrogen and oxygen atoms in total. The van der Waals surface area contributed by atoms with E-state index in [2.05, 4.69) is 10.3 Å². The number of hydrogen-bond acceptors (Lipinski definition) is 5. The Kier molecular flexibility index (Phi) is 9.97. The highest BCUT2D eigenvalue weighted by Crippen LogP contribution is 2.26. The van der Waals surface area contributed by atoms with E-state index in [1.807, 2.05) is 50.9 Å². The van der Waals surface area contributed by atoms with Crippen molar-refractivity contribution < 1.29 is 14.4 Å². The van der Waals surface area contributed by atoms with Crippen LogP contribution in [0.5, 0.6) is 0 Å². The van der Waals surface area contributed by atoms with Crippen LogP contribution in [0.2, 0.25) is 0 Å². The molecule has 3 aromatic rings. The third kappa shape index (κ3) is 6.83. The number of hydrogen-bond donors (Lipinski definition) is 2. The molecule has 0 spiro atoms. The van der Waals surface area contributed by atoms with Crippen LogP contribution in [0.4, 0.5) is 5.95 Å². The van der Waals surface area contributed by atoms with E-state index in [4.69, 9.17) is 5.73 Å². The normalized spacial score (nSPS) is 13.5. The lowest BCUT2D eigenvalue weighted by atomic mass is 9.94. The van der Waals surface area contributed by atoms with Gasteiger partial charge in [0, 0.05) is 37.2 Å². The van der Waals surface area contributed by atoms with Crippen LogP contribution in [0.1, 0.15) is 78.7 Å². The number of benzene rings is 2. The maximum Gasteiger partial charge on any atom is 0.257 e. The lowest BCUT2D eigenvalue weighted by molar-refractivity contribution is -0.117. The molecule has 1 aliphatic rings. The highest BCUT2D eigenvalue weighted by atomic mass is 16.2. The van der Waals surface area contributed by atoms with Gasteiger partial charge in [0.15, 0.2) is 0 Å². The molecule has 37 heavy (non-hydrogen) atoms. The maximum atomic E-state index is 13.2. The zero-order chi connectivity index (χ0) is 26.9. The van der Waals surface area contributed by atoms with Crippen molar-refractivity contribution in [3.8, 4) is 0 Å². The number of nitrogens with one attached hydrogen (secondary N) is 1. The first-order valence-electron chi connectivity index (χ1n) is 13.2. The Morgan fingerprint density at radius 1 is 1.05 bits per heavy atom. The molecular weight excluding hydrogens is 466 g/mol. The first-order chi connectivity index (χ1) is 17.9. The zero-order valence-corrected chi connectivity index (χ0v) is 22.4. The van der Waals surface area contributed by atoms with Gasteiger partial charge >= 0.3 is 0 Å². The fraction of sp³-hybridized carbons (Fsp3) is 0.448. The lowest BCUT2D eigenvalue weighted by Gasteiger charge is -2.31. The van der Waals surface area contributed by atoms with Gasteiger partial charge in [-0.25, -0.2) is 4.98 Å². The van der Waals surface area contributed by atoms with Gasteiger partial charge in [0.2, 0.25) is 5.95 Å². The van der Waals surface area contributed by atoms with E-state index in [9.17, 15) is 14.4 Å². The molecular formula is C29H39N5O3. The van der Waals surface area contributed by atoms with Crippen molar-refractivity contribution in [2.75, 3.05) is 18.9 Å². The second-order valence-corrected chi connectivity index (χ2v) is 9.31. The molecule has 2 aromatic carbocycles. The molecule has 0 saturated heterocycles. The summed E-state index contributed by atoms with van der Waals surface area (Å²) in [7, 11) is 1.87. The molecule has 0 unspecified atom stereocenters. The third-order valence-electron chi connectivity index (χ3n) is 6.79. The lowest BCUT2D eigenvalue weighted by Crippen LogP contribution is -2.38. The van der Waals surface area contributed by atoms with Gasteiger partial charge in [-0.3, -0.25) is 19.7 Å². The number of aryl methyl sites for hydroxylation is 2. The highest BCUT2D eigenvalue weighted by Gasteiger charge is 2.24. The summed E-state index contributed by atoms with van der Waals surface area (Å²) in [6.07, 6.45) is 5.81. The van der Waals surface area contributed by atoms with Crippen molar-refractivity contribution in [1.82, 2.24) is 14.5 Å². The number of rotatable bonds is 8. The monoisotopic (exact) mass is 505 g/mol. The van der Waals surface area contributed by atoms with Crippen LogP contribution in [0, 0.1) is 6.92 Å². The summed E-state index contributed by atoms with van der Waals surface area (Å²) in [6, 6.07) is 12.9. The molecule has 0 atom stereocenters. The molecule has 1 fully saturated rings. The van der Waals surface area contributed by atoms with Gasteiger partial charge in [-0.15, -0.1) is 0 Å². The molecule has 1 aliphatic carbocycles. The van der Waals surface area contributed by atoms with Gasteiger partial charge in [-0.1, -0.05) is 50.8 Å². The van der Waals surface area contributed by atoms with Crippen molar-refractivity contribution in [3.63, 3.8) is 0 Å². The summed E-state index contributed by atoms with van der Waals surface area (Å²) >= 11 is 0. The minimum atomic E-state index is -0.288. The molecule has 2 amide bonds. The van der Waals surface area contributed by atoms with E-state index in [-0.39, 0.29) is 36.6 Å². The maximum absolute atomic E-state index is 13.2. The summed E-state index contributed by atoms with van der Waals surface area (Å²) in [4.78, 5) is 44.5. The third-order valence-corrected chi connectivity index (χ3v) is 6.79. The quantitative estimate of drug-likeness (QED) is 0.450. The first kappa shape index (κ1) is 28.1. The van der Waals surface area contributed by atoms with Crippen LogP contribution in [-0.4, -0.2) is 51.7 Å². The predicted molar refractivity (Wildman–Crippen MR) is 148 cm³/mol. The van der Waals surface area contributed by atoms with Crippen LogP contribution in [0.3, 0.4) is 0 Å². The van der Waals surface area contributed by atoms with Gasteiger partial charge in [0.25, 0.3) is 11.8 Å². The number of amides is 2. The SMILES string of the molecule is CC.Cc1cccc(C(=O)Nc2nc3cc(C(=O)N(C)C4CCCCC4)ccc3n2CCC(=O)CN)c1. The number of ketones is 1. The van der Waals surface area contributed by atoms with Crippen LogP contribution >= 0.6 is 0 Å². The van der Waals surface area contributed by atoms with Crippen molar-refractivity contribution >= 4 is 34.6 Å². The number of Topliss-reactive ketones (excluding diaryl/α,β-unsaturated/α-hetero) is 1. The van der Waals surface area contributed by atoms with Gasteiger partial charge in [0.05, 0.1) is 17.6 Å². The van der Waals surface area contributed by atoms with Crippen molar-refractivity contribution in [3.05, 3.63) is 59.2 Å². The largest absolute Gasteiger partial charge is 0.339 e. The highest BCUT2D eigenvalue weighted by molar-refractivity contribution is 6.04. The van der Waals surface area contributed by atoms with Gasteiger partial charge in [-0.05, 0) is 50.1 Å². The van der Waals surface area contributed by atoms with Crippen molar-refractivity contribution in [2.45, 2.75) is 71.9 Å². The summed E-state index contributed by atoms with van der Waals surface area (Å²) in [6.45, 7) is 6.21. The average Bonchev–Trinajstić information content (AvgIpc) is 3.28. The number of aromatic nitrogens is 2. The van der Waals surface area contributed by atoms with E-state index < -0.39 is 0 Å². The zero-order valence-electron chi connectivity index (χ0n) is 22.4. The number of fused-ring (bicyclic) bond motifs is 1. The molecule has 8 heteroatoms. The molecule has 0 bridgehead atoms. The van der Waals surface area contributed by atoms with E-state index in [0.717, 1.165) is 36.8 Å². The second-order valence-electron chi connectivity index (χ2n) is 9.31. The van der Waals surface area contributed by atoms with Crippen LogP contribution in [0.15, 0.2) is 42.5 Å². The van der Waals surface area contributed by atoms with Gasteiger partial charge in [-0.2, -0.15) is 0 Å². The summed E-state index contributed by atoms with van der Waals surface area (Å²) < 4.78 is 1.80. The number of nitrogens with zero attached hydrogens (tertiary/aromatic N) is 3. The van der Waals surface area contributed by atoms with E-state index in [0.29, 0.717) is 29.1 Å². The van der Waals surface area contributed by atoms with Crippen LogP contribution in [-0.2, 0) is 11.3 Å². The van der Waals surface area contributed by atoms with E-state index >= 15 is 0 Å². The summed E-state index contributed by atoms with van der Waals surface area (Å²) in [5.74, 6) is -0.0639. The molecule has 198 valence electrons. The fourth-order valence-electron chi connectivity index (χ4n) is 4.72. The summed E-state index contributed by atoms with van der Waals surface area (Å²) in [5, 5.41) is 2.88. The average molecular weight is 506 g/mol. The fourth-order valence-corrected chi connectivity index (χ4v) is 4.72. The Balaban J connectivity index is 0.00000186. The van der Waals surface area contributed by atoms with Crippen LogP contribution < -0.4 is 11.1 Å². The molecule has 0 aliphatic heterocycles. The Labute approximate surface area is 219 Å². The number of nitrogens with two attached hydrogens (primary N) is 1. The molecule has 1 heterocycles. The first-order valence-corrected chi connectivity index (χ1v) is 13.2. The van der Waals surface area contributed by atoms with Crippen LogP contribution in [0.25, 0.3) is 11.0 Å². The number of carbonyl (C=O) groups is 3. The Morgan fingerprint density at radius 3 is 2.46 bits per heavy atom. The summed E-state index contributed by atoms with van der Waals surface area (Å²) in [5.41, 5.74) is 8.88. The molecule has 4 rings (SSSR count).